The summed E-state index contributed by atoms with van der Waals surface area (Å²) in [5, 5.41) is 13.2. The van der Waals surface area contributed by atoms with Gasteiger partial charge in [0.15, 0.2) is 6.61 Å². The summed E-state index contributed by atoms with van der Waals surface area (Å²) < 4.78 is 5.22. The fraction of sp³-hybridized carbons (Fsp3) is 0.300. The number of amides is 1. The number of rotatable bonds is 8. The van der Waals surface area contributed by atoms with E-state index in [4.69, 9.17) is 16.3 Å². The van der Waals surface area contributed by atoms with E-state index in [-0.39, 0.29) is 22.3 Å². The molecule has 2 aromatic carbocycles. The van der Waals surface area contributed by atoms with Gasteiger partial charge in [-0.25, -0.2) is 0 Å². The van der Waals surface area contributed by atoms with Crippen LogP contribution in [0.4, 0.5) is 11.4 Å². The van der Waals surface area contributed by atoms with Gasteiger partial charge in [0, 0.05) is 12.1 Å². The van der Waals surface area contributed by atoms with E-state index in [1.165, 1.54) is 12.1 Å². The SMILES string of the molecule is CC[C@H](C)[C@H](C(=O)OCC(=O)Nc1ccc([N+](=O)[O-])cc1Cl)c1ccccc1. The highest BCUT2D eigenvalue weighted by molar-refractivity contribution is 6.34. The Hall–Kier alpha value is -2.93. The zero-order valence-electron chi connectivity index (χ0n) is 15.6. The highest BCUT2D eigenvalue weighted by Crippen LogP contribution is 2.29. The number of hydrogen-bond acceptors (Lipinski definition) is 5. The number of nitro benzene ring substituents is 1. The predicted octanol–water partition coefficient (Wildman–Crippen LogP) is 4.56. The lowest BCUT2D eigenvalue weighted by Gasteiger charge is -2.21. The summed E-state index contributed by atoms with van der Waals surface area (Å²) in [6.45, 7) is 3.46. The van der Waals surface area contributed by atoms with Crippen LogP contribution in [-0.2, 0) is 14.3 Å². The van der Waals surface area contributed by atoms with E-state index in [1.807, 2.05) is 44.2 Å². The number of carbonyl (C=O) groups excluding carboxylic acids is 2. The van der Waals surface area contributed by atoms with Crippen LogP contribution in [0.25, 0.3) is 0 Å². The average molecular weight is 405 g/mol. The van der Waals surface area contributed by atoms with Crippen LogP contribution < -0.4 is 5.32 Å². The first-order chi connectivity index (χ1) is 13.3. The van der Waals surface area contributed by atoms with Crippen molar-refractivity contribution in [1.82, 2.24) is 0 Å². The van der Waals surface area contributed by atoms with Crippen molar-refractivity contribution < 1.29 is 19.2 Å². The molecular weight excluding hydrogens is 384 g/mol. The third-order valence-electron chi connectivity index (χ3n) is 4.41. The molecule has 0 saturated heterocycles. The number of nitro groups is 1. The van der Waals surface area contributed by atoms with Gasteiger partial charge in [-0.2, -0.15) is 0 Å². The van der Waals surface area contributed by atoms with Crippen molar-refractivity contribution in [2.24, 2.45) is 5.92 Å². The number of nitrogens with one attached hydrogen (secondary N) is 1. The monoisotopic (exact) mass is 404 g/mol. The van der Waals surface area contributed by atoms with Crippen LogP contribution in [0.2, 0.25) is 5.02 Å². The number of ether oxygens (including phenoxy) is 1. The Balaban J connectivity index is 2.01. The first kappa shape index (κ1) is 21.4. The van der Waals surface area contributed by atoms with E-state index in [2.05, 4.69) is 5.32 Å². The lowest BCUT2D eigenvalue weighted by atomic mass is 9.86. The molecule has 28 heavy (non-hydrogen) atoms. The summed E-state index contributed by atoms with van der Waals surface area (Å²) in [5.41, 5.74) is 0.851. The lowest BCUT2D eigenvalue weighted by molar-refractivity contribution is -0.384. The number of carbonyl (C=O) groups is 2. The van der Waals surface area contributed by atoms with Crippen molar-refractivity contribution in [1.29, 1.82) is 0 Å². The van der Waals surface area contributed by atoms with Crippen molar-refractivity contribution in [2.75, 3.05) is 11.9 Å². The molecule has 0 bridgehead atoms. The number of halogens is 1. The summed E-state index contributed by atoms with van der Waals surface area (Å²) in [6, 6.07) is 13.0. The minimum Gasteiger partial charge on any atom is -0.455 e. The van der Waals surface area contributed by atoms with E-state index in [9.17, 15) is 19.7 Å². The van der Waals surface area contributed by atoms with Crippen molar-refractivity contribution in [3.05, 3.63) is 69.2 Å². The number of esters is 1. The smallest absolute Gasteiger partial charge is 0.314 e. The molecule has 0 aromatic heterocycles. The summed E-state index contributed by atoms with van der Waals surface area (Å²) in [7, 11) is 0. The van der Waals surface area contributed by atoms with Crippen molar-refractivity contribution in [3.63, 3.8) is 0 Å². The van der Waals surface area contributed by atoms with Crippen LogP contribution in [0.1, 0.15) is 31.7 Å². The topological polar surface area (TPSA) is 98.5 Å². The molecule has 2 rings (SSSR count). The Morgan fingerprint density at radius 1 is 1.21 bits per heavy atom. The van der Waals surface area contributed by atoms with Gasteiger partial charge in [0.2, 0.25) is 0 Å². The van der Waals surface area contributed by atoms with Crippen LogP contribution in [0.3, 0.4) is 0 Å². The standard InChI is InChI=1S/C20H21ClN2O5/c1-3-13(2)19(14-7-5-4-6-8-14)20(25)28-12-18(24)22-17-10-9-15(23(26)27)11-16(17)21/h4-11,13,19H,3,12H2,1-2H3,(H,22,24)/t13-,19-/m0/s1. The summed E-state index contributed by atoms with van der Waals surface area (Å²) in [6.07, 6.45) is 0.777. The van der Waals surface area contributed by atoms with Crippen molar-refractivity contribution in [3.8, 4) is 0 Å². The predicted molar refractivity (Wildman–Crippen MR) is 106 cm³/mol. The first-order valence-corrected chi connectivity index (χ1v) is 9.16. The molecule has 0 aliphatic carbocycles. The van der Waals surface area contributed by atoms with Crippen LogP contribution in [0, 0.1) is 16.0 Å². The number of non-ortho nitro benzene ring substituents is 1. The number of anilines is 1. The van der Waals surface area contributed by atoms with Crippen LogP contribution in [0.5, 0.6) is 0 Å². The molecule has 0 fully saturated rings. The quantitative estimate of drug-likeness (QED) is 0.395. The fourth-order valence-electron chi connectivity index (χ4n) is 2.72. The molecule has 7 nitrogen and oxygen atoms in total. The normalized spacial score (nSPS) is 12.7. The third kappa shape index (κ3) is 5.53. The minimum absolute atomic E-state index is 0.0237. The zero-order valence-corrected chi connectivity index (χ0v) is 16.3. The first-order valence-electron chi connectivity index (χ1n) is 8.78. The maximum Gasteiger partial charge on any atom is 0.314 e. The summed E-state index contributed by atoms with van der Waals surface area (Å²) in [4.78, 5) is 34.8. The largest absolute Gasteiger partial charge is 0.455 e. The molecule has 0 radical (unpaired) electrons. The summed E-state index contributed by atoms with van der Waals surface area (Å²) >= 11 is 5.94. The highest BCUT2D eigenvalue weighted by Gasteiger charge is 2.27. The van der Waals surface area contributed by atoms with Gasteiger partial charge in [-0.15, -0.1) is 0 Å². The molecular formula is C20H21ClN2O5. The molecule has 2 aromatic rings. The molecule has 0 aliphatic heterocycles. The second-order valence-corrected chi connectivity index (χ2v) is 6.76. The van der Waals surface area contributed by atoms with Gasteiger partial charge >= 0.3 is 5.97 Å². The van der Waals surface area contributed by atoms with E-state index in [0.29, 0.717) is 0 Å². The highest BCUT2D eigenvalue weighted by atomic mass is 35.5. The number of hydrogen-bond donors (Lipinski definition) is 1. The Kier molecular flexibility index (Phi) is 7.52. The van der Waals surface area contributed by atoms with Gasteiger partial charge in [0.05, 0.1) is 21.6 Å². The van der Waals surface area contributed by atoms with Gasteiger partial charge in [-0.05, 0) is 17.5 Å². The maximum atomic E-state index is 12.6. The summed E-state index contributed by atoms with van der Waals surface area (Å²) in [5.74, 6) is -1.49. The van der Waals surface area contributed by atoms with Crippen LogP contribution in [-0.4, -0.2) is 23.4 Å². The zero-order chi connectivity index (χ0) is 20.7. The van der Waals surface area contributed by atoms with Crippen LogP contribution >= 0.6 is 11.6 Å². The van der Waals surface area contributed by atoms with Crippen LogP contribution in [0.15, 0.2) is 48.5 Å². The molecule has 0 saturated carbocycles. The molecule has 148 valence electrons. The van der Waals surface area contributed by atoms with E-state index < -0.39 is 29.3 Å². The van der Waals surface area contributed by atoms with Gasteiger partial charge in [-0.1, -0.05) is 62.2 Å². The van der Waals surface area contributed by atoms with Gasteiger partial charge < -0.3 is 10.1 Å². The minimum atomic E-state index is -0.585. The van der Waals surface area contributed by atoms with E-state index in [0.717, 1.165) is 18.1 Å². The Bertz CT molecular complexity index is 857. The van der Waals surface area contributed by atoms with Gasteiger partial charge in [-0.3, -0.25) is 19.7 Å². The Morgan fingerprint density at radius 2 is 1.89 bits per heavy atom. The second kappa shape index (κ2) is 9.85. The lowest BCUT2D eigenvalue weighted by Crippen LogP contribution is -2.27. The second-order valence-electron chi connectivity index (χ2n) is 6.35. The molecule has 2 atom stereocenters. The van der Waals surface area contributed by atoms with Gasteiger partial charge in [0.25, 0.3) is 11.6 Å². The Labute approximate surface area is 167 Å². The fourth-order valence-corrected chi connectivity index (χ4v) is 2.95. The van der Waals surface area contributed by atoms with Crippen molar-refractivity contribution >= 4 is 34.9 Å². The van der Waals surface area contributed by atoms with E-state index in [1.54, 1.807) is 0 Å². The average Bonchev–Trinajstić information content (AvgIpc) is 2.68. The van der Waals surface area contributed by atoms with Gasteiger partial charge in [0.1, 0.15) is 0 Å². The number of nitrogens with zero attached hydrogens (tertiary/aromatic N) is 1. The van der Waals surface area contributed by atoms with E-state index >= 15 is 0 Å². The number of benzene rings is 2. The molecule has 0 aliphatic rings. The molecule has 0 heterocycles. The molecule has 8 heteroatoms. The third-order valence-corrected chi connectivity index (χ3v) is 4.72. The molecule has 0 unspecified atom stereocenters. The molecule has 0 spiro atoms. The maximum absolute atomic E-state index is 12.6. The Morgan fingerprint density at radius 3 is 2.46 bits per heavy atom. The molecule has 1 amide bonds. The van der Waals surface area contributed by atoms with Crippen molar-refractivity contribution in [2.45, 2.75) is 26.2 Å². The molecule has 1 N–H and O–H groups in total.